The van der Waals surface area contributed by atoms with E-state index in [1.165, 1.54) is 5.56 Å². The van der Waals surface area contributed by atoms with Crippen molar-refractivity contribution >= 4 is 11.6 Å². The van der Waals surface area contributed by atoms with Gasteiger partial charge in [-0.25, -0.2) is 0 Å². The van der Waals surface area contributed by atoms with Crippen molar-refractivity contribution in [2.75, 3.05) is 13.7 Å². The van der Waals surface area contributed by atoms with Crippen LogP contribution in [0.15, 0.2) is 42.7 Å². The lowest BCUT2D eigenvalue weighted by molar-refractivity contribution is 0.410. The largest absolute Gasteiger partial charge is 0.495 e. The fourth-order valence-electron chi connectivity index (χ4n) is 2.15. The Balaban J connectivity index is 2.19. The molecular weight excluding hydrogens is 272 g/mol. The molecule has 0 bridgehead atoms. The molecule has 4 heteroatoms. The summed E-state index contributed by atoms with van der Waals surface area (Å²) < 4.78 is 5.24. The summed E-state index contributed by atoms with van der Waals surface area (Å²) in [5.74, 6) is 0.779. The predicted octanol–water partition coefficient (Wildman–Crippen LogP) is 3.64. The van der Waals surface area contributed by atoms with Gasteiger partial charge in [-0.15, -0.1) is 0 Å². The minimum atomic E-state index is 0.212. The molecule has 1 atom stereocenters. The van der Waals surface area contributed by atoms with Crippen molar-refractivity contribution in [1.29, 1.82) is 0 Å². The molecule has 1 unspecified atom stereocenters. The van der Waals surface area contributed by atoms with Gasteiger partial charge in [0.1, 0.15) is 5.75 Å². The van der Waals surface area contributed by atoms with Gasteiger partial charge in [-0.1, -0.05) is 30.7 Å². The molecule has 3 nitrogen and oxygen atoms in total. The Kier molecular flexibility index (Phi) is 5.39. The number of methoxy groups -OCH3 is 1. The summed E-state index contributed by atoms with van der Waals surface area (Å²) >= 11 is 5.92. The van der Waals surface area contributed by atoms with E-state index in [0.29, 0.717) is 0 Å². The van der Waals surface area contributed by atoms with Gasteiger partial charge in [-0.3, -0.25) is 4.98 Å². The Morgan fingerprint density at radius 1 is 1.25 bits per heavy atom. The van der Waals surface area contributed by atoms with Crippen molar-refractivity contribution in [3.05, 3.63) is 58.9 Å². The van der Waals surface area contributed by atoms with Crippen LogP contribution in [0.5, 0.6) is 5.75 Å². The van der Waals surface area contributed by atoms with E-state index in [0.717, 1.165) is 29.3 Å². The second-order valence-electron chi connectivity index (χ2n) is 4.60. The highest BCUT2D eigenvalue weighted by molar-refractivity contribution is 6.30. The predicted molar refractivity (Wildman–Crippen MR) is 82.4 cm³/mol. The molecule has 0 spiro atoms. The number of ether oxygens (including phenoxy) is 1. The molecule has 1 N–H and O–H groups in total. The number of rotatable bonds is 6. The van der Waals surface area contributed by atoms with Crippen LogP contribution in [0.4, 0.5) is 0 Å². The Bertz CT molecular complexity index is 542. The molecule has 0 aliphatic heterocycles. The van der Waals surface area contributed by atoms with E-state index in [4.69, 9.17) is 16.3 Å². The van der Waals surface area contributed by atoms with Crippen molar-refractivity contribution in [2.45, 2.75) is 19.4 Å². The van der Waals surface area contributed by atoms with Crippen molar-refractivity contribution in [3.63, 3.8) is 0 Å². The van der Waals surface area contributed by atoms with E-state index >= 15 is 0 Å². The van der Waals surface area contributed by atoms with Crippen molar-refractivity contribution < 1.29 is 4.74 Å². The van der Waals surface area contributed by atoms with Crippen LogP contribution in [0.3, 0.4) is 0 Å². The summed E-state index contributed by atoms with van der Waals surface area (Å²) in [5.41, 5.74) is 2.37. The molecule has 2 aromatic rings. The maximum atomic E-state index is 5.92. The fourth-order valence-corrected chi connectivity index (χ4v) is 2.27. The molecule has 0 amide bonds. The molecule has 0 aliphatic rings. The van der Waals surface area contributed by atoms with Gasteiger partial charge in [0.2, 0.25) is 0 Å². The number of nitrogens with zero attached hydrogens (tertiary/aromatic N) is 1. The normalized spacial score (nSPS) is 12.2. The third-order valence-electron chi connectivity index (χ3n) is 3.18. The molecule has 1 heterocycles. The first kappa shape index (κ1) is 14.8. The second kappa shape index (κ2) is 7.27. The summed E-state index contributed by atoms with van der Waals surface area (Å²) in [6.45, 7) is 3.00. The molecule has 0 saturated heterocycles. The van der Waals surface area contributed by atoms with Crippen LogP contribution in [-0.4, -0.2) is 18.6 Å². The van der Waals surface area contributed by atoms with Crippen LogP contribution in [0, 0.1) is 0 Å². The molecule has 0 fully saturated rings. The standard InChI is InChI=1S/C16H19ClN2O/c1-3-19-16(8-12-4-6-14(17)7-5-12)13-9-15(20-2)11-18-10-13/h4-7,9-11,16,19H,3,8H2,1-2H3. The summed E-state index contributed by atoms with van der Waals surface area (Å²) in [4.78, 5) is 4.23. The minimum Gasteiger partial charge on any atom is -0.495 e. The van der Waals surface area contributed by atoms with Crippen LogP contribution in [0.1, 0.15) is 24.1 Å². The lowest BCUT2D eigenvalue weighted by atomic mass is 10.00. The van der Waals surface area contributed by atoms with Gasteiger partial charge in [-0.2, -0.15) is 0 Å². The smallest absolute Gasteiger partial charge is 0.137 e. The van der Waals surface area contributed by atoms with Gasteiger partial charge >= 0.3 is 0 Å². The molecule has 106 valence electrons. The molecule has 1 aromatic carbocycles. The van der Waals surface area contributed by atoms with E-state index < -0.39 is 0 Å². The third-order valence-corrected chi connectivity index (χ3v) is 3.43. The highest BCUT2D eigenvalue weighted by atomic mass is 35.5. The van der Waals surface area contributed by atoms with Gasteiger partial charge in [0.05, 0.1) is 13.3 Å². The van der Waals surface area contributed by atoms with Crippen LogP contribution >= 0.6 is 11.6 Å². The highest BCUT2D eigenvalue weighted by Crippen LogP contribution is 2.22. The maximum absolute atomic E-state index is 5.92. The van der Waals surface area contributed by atoms with E-state index in [9.17, 15) is 0 Å². The SMILES string of the molecule is CCNC(Cc1ccc(Cl)cc1)c1cncc(OC)c1. The van der Waals surface area contributed by atoms with Crippen LogP contribution in [-0.2, 0) is 6.42 Å². The van der Waals surface area contributed by atoms with E-state index in [-0.39, 0.29) is 6.04 Å². The van der Waals surface area contributed by atoms with Crippen LogP contribution < -0.4 is 10.1 Å². The van der Waals surface area contributed by atoms with Gasteiger partial charge in [-0.05, 0) is 42.3 Å². The topological polar surface area (TPSA) is 34.2 Å². The highest BCUT2D eigenvalue weighted by Gasteiger charge is 2.12. The zero-order chi connectivity index (χ0) is 14.4. The lowest BCUT2D eigenvalue weighted by Gasteiger charge is -2.18. The average molecular weight is 291 g/mol. The molecule has 20 heavy (non-hydrogen) atoms. The molecular formula is C16H19ClN2O. The number of aromatic nitrogens is 1. The quantitative estimate of drug-likeness (QED) is 0.882. The second-order valence-corrected chi connectivity index (χ2v) is 5.04. The third kappa shape index (κ3) is 3.95. The number of likely N-dealkylation sites (N-methyl/N-ethyl adjacent to an activating group) is 1. The summed E-state index contributed by atoms with van der Waals surface area (Å²) in [6.07, 6.45) is 4.49. The van der Waals surface area contributed by atoms with Crippen LogP contribution in [0.25, 0.3) is 0 Å². The van der Waals surface area contributed by atoms with Gasteiger partial charge in [0.15, 0.2) is 0 Å². The molecule has 0 radical (unpaired) electrons. The summed E-state index contributed by atoms with van der Waals surface area (Å²) in [7, 11) is 1.66. The van der Waals surface area contributed by atoms with Crippen molar-refractivity contribution in [3.8, 4) is 5.75 Å². The maximum Gasteiger partial charge on any atom is 0.137 e. The Morgan fingerprint density at radius 3 is 2.65 bits per heavy atom. The first-order chi connectivity index (χ1) is 9.72. The van der Waals surface area contributed by atoms with E-state index in [2.05, 4.69) is 29.4 Å². The summed E-state index contributed by atoms with van der Waals surface area (Å²) in [6, 6.07) is 10.2. The van der Waals surface area contributed by atoms with Crippen molar-refractivity contribution in [2.24, 2.45) is 0 Å². The van der Waals surface area contributed by atoms with E-state index in [1.54, 1.807) is 13.3 Å². The minimum absolute atomic E-state index is 0.212. The van der Waals surface area contributed by atoms with E-state index in [1.807, 2.05) is 24.4 Å². The number of benzene rings is 1. The zero-order valence-corrected chi connectivity index (χ0v) is 12.5. The summed E-state index contributed by atoms with van der Waals surface area (Å²) in [5, 5.41) is 4.25. The number of pyridine rings is 1. The molecule has 2 rings (SSSR count). The first-order valence-corrected chi connectivity index (χ1v) is 7.07. The molecule has 0 saturated carbocycles. The Morgan fingerprint density at radius 2 is 2.00 bits per heavy atom. The van der Waals surface area contributed by atoms with Gasteiger partial charge in [0.25, 0.3) is 0 Å². The van der Waals surface area contributed by atoms with Crippen LogP contribution in [0.2, 0.25) is 5.02 Å². The average Bonchev–Trinajstić information content (AvgIpc) is 2.49. The van der Waals surface area contributed by atoms with Crippen molar-refractivity contribution in [1.82, 2.24) is 10.3 Å². The monoisotopic (exact) mass is 290 g/mol. The number of nitrogens with one attached hydrogen (secondary N) is 1. The fraction of sp³-hybridized carbons (Fsp3) is 0.312. The Hall–Kier alpha value is -1.58. The lowest BCUT2D eigenvalue weighted by Crippen LogP contribution is -2.23. The number of hydrogen-bond acceptors (Lipinski definition) is 3. The number of halogens is 1. The molecule has 1 aromatic heterocycles. The van der Waals surface area contributed by atoms with Gasteiger partial charge in [0, 0.05) is 17.3 Å². The van der Waals surface area contributed by atoms with Gasteiger partial charge < -0.3 is 10.1 Å². The number of hydrogen-bond donors (Lipinski definition) is 1. The molecule has 0 aliphatic carbocycles. The Labute approximate surface area is 124 Å². The first-order valence-electron chi connectivity index (χ1n) is 6.69. The zero-order valence-electron chi connectivity index (χ0n) is 11.8.